The molecule has 4 atom stereocenters. The standard InChI is InChI=1S/C16H18N4O7/c1-8(21)24-5-12-13(25-9(2)22)14(26-10(3)23)16(27-12)20-7-19-11-4-17-6-18-15(11)20/h4,6-7,12-14,16H,5H2,1-3H3/t12-,13-,14+,16+/m0/s1. The fourth-order valence-corrected chi connectivity index (χ4v) is 2.89. The van der Waals surface area contributed by atoms with E-state index in [-0.39, 0.29) is 6.61 Å². The summed E-state index contributed by atoms with van der Waals surface area (Å²) in [6.45, 7) is 3.52. The second kappa shape index (κ2) is 7.66. The lowest BCUT2D eigenvalue weighted by molar-refractivity contribution is -0.166. The molecule has 11 heteroatoms. The van der Waals surface area contributed by atoms with Crippen LogP contribution >= 0.6 is 0 Å². The van der Waals surface area contributed by atoms with Crippen molar-refractivity contribution in [1.29, 1.82) is 0 Å². The number of carbonyl (C=O) groups is 3. The lowest BCUT2D eigenvalue weighted by atomic mass is 10.1. The first-order valence-electron chi connectivity index (χ1n) is 8.12. The van der Waals surface area contributed by atoms with Crippen LogP contribution in [0, 0.1) is 0 Å². The number of ether oxygens (including phenoxy) is 4. The minimum atomic E-state index is -0.987. The zero-order valence-corrected chi connectivity index (χ0v) is 14.9. The van der Waals surface area contributed by atoms with Crippen LogP contribution in [-0.4, -0.2) is 62.3 Å². The molecule has 1 aliphatic heterocycles. The van der Waals surface area contributed by atoms with Gasteiger partial charge >= 0.3 is 17.9 Å². The van der Waals surface area contributed by atoms with Crippen LogP contribution in [0.3, 0.4) is 0 Å². The SMILES string of the molecule is CC(=O)OC[C@@H]1O[C@@H](n2cnc3cncnc32)[C@H](OC(C)=O)[C@H]1OC(C)=O. The summed E-state index contributed by atoms with van der Waals surface area (Å²) >= 11 is 0. The number of hydrogen-bond acceptors (Lipinski definition) is 10. The van der Waals surface area contributed by atoms with Crippen molar-refractivity contribution in [2.45, 2.75) is 45.3 Å². The number of imidazole rings is 1. The minimum Gasteiger partial charge on any atom is -0.463 e. The third-order valence-electron chi connectivity index (χ3n) is 3.85. The molecule has 11 nitrogen and oxygen atoms in total. The van der Waals surface area contributed by atoms with Crippen molar-refractivity contribution in [2.24, 2.45) is 0 Å². The zero-order chi connectivity index (χ0) is 19.6. The Kier molecular flexibility index (Phi) is 5.31. The van der Waals surface area contributed by atoms with E-state index >= 15 is 0 Å². The average Bonchev–Trinajstić information content (AvgIpc) is 3.15. The third kappa shape index (κ3) is 4.03. The molecule has 1 aliphatic rings. The van der Waals surface area contributed by atoms with Gasteiger partial charge in [-0.25, -0.2) is 15.0 Å². The highest BCUT2D eigenvalue weighted by atomic mass is 16.7. The quantitative estimate of drug-likeness (QED) is 0.523. The summed E-state index contributed by atoms with van der Waals surface area (Å²) in [5, 5.41) is 0. The lowest BCUT2D eigenvalue weighted by Gasteiger charge is -2.23. The van der Waals surface area contributed by atoms with Crippen LogP contribution < -0.4 is 0 Å². The summed E-state index contributed by atoms with van der Waals surface area (Å²) in [6.07, 6.45) is 0.629. The Morgan fingerprint density at radius 2 is 1.78 bits per heavy atom. The van der Waals surface area contributed by atoms with Crippen molar-refractivity contribution >= 4 is 29.1 Å². The average molecular weight is 378 g/mol. The first-order chi connectivity index (χ1) is 12.9. The third-order valence-corrected chi connectivity index (χ3v) is 3.85. The van der Waals surface area contributed by atoms with Crippen LogP contribution in [0.15, 0.2) is 18.9 Å². The highest BCUT2D eigenvalue weighted by molar-refractivity contribution is 5.70. The smallest absolute Gasteiger partial charge is 0.303 e. The van der Waals surface area contributed by atoms with Gasteiger partial charge in [-0.1, -0.05) is 0 Å². The Morgan fingerprint density at radius 1 is 1.07 bits per heavy atom. The summed E-state index contributed by atoms with van der Waals surface area (Å²) in [7, 11) is 0. The van der Waals surface area contributed by atoms with Crippen LogP contribution in [0.25, 0.3) is 11.2 Å². The molecule has 0 aromatic carbocycles. The molecule has 27 heavy (non-hydrogen) atoms. The van der Waals surface area contributed by atoms with E-state index in [9.17, 15) is 14.4 Å². The summed E-state index contributed by atoms with van der Waals surface area (Å²) in [6, 6.07) is 0. The minimum absolute atomic E-state index is 0.177. The number of hydrogen-bond donors (Lipinski definition) is 0. The van der Waals surface area contributed by atoms with E-state index in [1.807, 2.05) is 0 Å². The van der Waals surface area contributed by atoms with Crippen molar-refractivity contribution in [1.82, 2.24) is 19.5 Å². The van der Waals surface area contributed by atoms with Crippen LogP contribution in [0.1, 0.15) is 27.0 Å². The van der Waals surface area contributed by atoms with Gasteiger partial charge in [-0.15, -0.1) is 0 Å². The highest BCUT2D eigenvalue weighted by Gasteiger charge is 2.51. The molecule has 1 saturated heterocycles. The van der Waals surface area contributed by atoms with E-state index < -0.39 is 42.4 Å². The highest BCUT2D eigenvalue weighted by Crippen LogP contribution is 2.35. The second-order valence-corrected chi connectivity index (χ2v) is 5.90. The van der Waals surface area contributed by atoms with Gasteiger partial charge < -0.3 is 18.9 Å². The fraction of sp³-hybridized carbons (Fsp3) is 0.500. The van der Waals surface area contributed by atoms with Gasteiger partial charge in [0, 0.05) is 20.8 Å². The van der Waals surface area contributed by atoms with Gasteiger partial charge in [-0.2, -0.15) is 0 Å². The van der Waals surface area contributed by atoms with Crippen molar-refractivity contribution in [3.63, 3.8) is 0 Å². The van der Waals surface area contributed by atoms with Gasteiger partial charge in [0.15, 0.2) is 24.1 Å². The van der Waals surface area contributed by atoms with Crippen LogP contribution in [0.2, 0.25) is 0 Å². The molecule has 2 aromatic rings. The summed E-state index contributed by atoms with van der Waals surface area (Å²) < 4.78 is 23.2. The molecule has 2 aromatic heterocycles. The Hall–Kier alpha value is -3.08. The van der Waals surface area contributed by atoms with Crippen LogP contribution in [0.4, 0.5) is 0 Å². The van der Waals surface area contributed by atoms with E-state index in [2.05, 4.69) is 15.0 Å². The van der Waals surface area contributed by atoms with Gasteiger partial charge in [-0.3, -0.25) is 19.0 Å². The van der Waals surface area contributed by atoms with Gasteiger partial charge in [0.1, 0.15) is 24.6 Å². The molecule has 0 aliphatic carbocycles. The molecule has 0 radical (unpaired) electrons. The maximum absolute atomic E-state index is 11.6. The van der Waals surface area contributed by atoms with E-state index in [1.165, 1.54) is 39.6 Å². The van der Waals surface area contributed by atoms with E-state index in [0.29, 0.717) is 11.2 Å². The van der Waals surface area contributed by atoms with Crippen molar-refractivity contribution in [2.75, 3.05) is 6.61 Å². The van der Waals surface area contributed by atoms with Gasteiger partial charge in [0.2, 0.25) is 0 Å². The van der Waals surface area contributed by atoms with E-state index in [1.54, 1.807) is 4.57 Å². The second-order valence-electron chi connectivity index (χ2n) is 5.90. The van der Waals surface area contributed by atoms with Crippen LogP contribution in [0.5, 0.6) is 0 Å². The van der Waals surface area contributed by atoms with Gasteiger partial charge in [0.25, 0.3) is 0 Å². The molecule has 3 rings (SSSR count). The fourth-order valence-electron chi connectivity index (χ4n) is 2.89. The summed E-state index contributed by atoms with van der Waals surface area (Å²) in [4.78, 5) is 46.6. The molecular weight excluding hydrogens is 360 g/mol. The first-order valence-corrected chi connectivity index (χ1v) is 8.12. The van der Waals surface area contributed by atoms with E-state index in [4.69, 9.17) is 18.9 Å². The molecule has 0 unspecified atom stereocenters. The molecule has 3 heterocycles. The molecular formula is C16H18N4O7. The number of carbonyl (C=O) groups excluding carboxylic acids is 3. The molecule has 0 N–H and O–H groups in total. The normalized spacial score (nSPS) is 24.6. The summed E-state index contributed by atoms with van der Waals surface area (Å²) in [5.74, 6) is -1.70. The Balaban J connectivity index is 1.98. The van der Waals surface area contributed by atoms with Crippen molar-refractivity contribution in [3.05, 3.63) is 18.9 Å². The van der Waals surface area contributed by atoms with E-state index in [0.717, 1.165) is 0 Å². The molecule has 0 amide bonds. The Morgan fingerprint density at radius 3 is 2.44 bits per heavy atom. The number of nitrogens with zero attached hydrogens (tertiary/aromatic N) is 4. The van der Waals surface area contributed by atoms with Crippen molar-refractivity contribution in [3.8, 4) is 0 Å². The predicted octanol–water partition coefficient (Wildman–Crippen LogP) is 0.150. The maximum atomic E-state index is 11.6. The van der Waals surface area contributed by atoms with Gasteiger partial charge in [-0.05, 0) is 0 Å². The zero-order valence-electron chi connectivity index (χ0n) is 14.9. The van der Waals surface area contributed by atoms with Crippen molar-refractivity contribution < 1.29 is 33.3 Å². The number of aromatic nitrogens is 4. The number of fused-ring (bicyclic) bond motifs is 1. The molecule has 144 valence electrons. The molecule has 0 bridgehead atoms. The number of esters is 3. The molecule has 0 saturated carbocycles. The summed E-state index contributed by atoms with van der Waals surface area (Å²) in [5.41, 5.74) is 0.956. The molecule has 0 spiro atoms. The lowest BCUT2D eigenvalue weighted by Crippen LogP contribution is -2.40. The topological polar surface area (TPSA) is 132 Å². The predicted molar refractivity (Wildman–Crippen MR) is 87.0 cm³/mol. The van der Waals surface area contributed by atoms with Gasteiger partial charge in [0.05, 0.1) is 12.5 Å². The molecule has 1 fully saturated rings. The number of rotatable bonds is 5. The first kappa shape index (κ1) is 18.7. The Bertz CT molecular complexity index is 867. The Labute approximate surface area is 153 Å². The largest absolute Gasteiger partial charge is 0.463 e. The van der Waals surface area contributed by atoms with Crippen LogP contribution in [-0.2, 0) is 33.3 Å². The maximum Gasteiger partial charge on any atom is 0.303 e. The monoisotopic (exact) mass is 378 g/mol.